The van der Waals surface area contributed by atoms with Gasteiger partial charge in [0, 0.05) is 24.5 Å². The summed E-state index contributed by atoms with van der Waals surface area (Å²) in [6, 6.07) is 3.02. The number of methoxy groups -OCH3 is 1. The fraction of sp³-hybridized carbons (Fsp3) is 0.385. The summed E-state index contributed by atoms with van der Waals surface area (Å²) in [4.78, 5) is 10.5. The Kier molecular flexibility index (Phi) is 3.16. The largest absolute Gasteiger partial charge is 0.494 e. The molecule has 2 heterocycles. The molecule has 0 saturated carbocycles. The van der Waals surface area contributed by atoms with Gasteiger partial charge in [0.05, 0.1) is 25.8 Å². The Balaban J connectivity index is 2.13. The Labute approximate surface area is 110 Å². The van der Waals surface area contributed by atoms with Crippen LogP contribution in [0.1, 0.15) is 0 Å². The highest BCUT2D eigenvalue weighted by Gasteiger charge is 2.17. The number of rotatable bonds is 2. The molecular formula is C13H14FN3O2. The van der Waals surface area contributed by atoms with Crippen LogP contribution in [0.25, 0.3) is 10.9 Å². The molecule has 1 fully saturated rings. The molecule has 0 aliphatic carbocycles. The molecule has 1 aliphatic rings. The lowest BCUT2D eigenvalue weighted by atomic mass is 10.2. The van der Waals surface area contributed by atoms with Crippen LogP contribution >= 0.6 is 0 Å². The zero-order chi connectivity index (χ0) is 13.2. The molecule has 0 amide bonds. The minimum absolute atomic E-state index is 0.205. The number of benzene rings is 1. The van der Waals surface area contributed by atoms with Gasteiger partial charge in [0.2, 0.25) is 0 Å². The van der Waals surface area contributed by atoms with E-state index in [2.05, 4.69) is 14.9 Å². The topological polar surface area (TPSA) is 47.5 Å². The summed E-state index contributed by atoms with van der Waals surface area (Å²) in [6.45, 7) is 2.88. The maximum atomic E-state index is 13.7. The molecule has 6 heteroatoms. The predicted octanol–water partition coefficient (Wildman–Crippen LogP) is 1.61. The second-order valence-corrected chi connectivity index (χ2v) is 4.30. The number of ether oxygens (including phenoxy) is 2. The summed E-state index contributed by atoms with van der Waals surface area (Å²) in [7, 11) is 1.45. The van der Waals surface area contributed by atoms with Crippen molar-refractivity contribution in [3.63, 3.8) is 0 Å². The summed E-state index contributed by atoms with van der Waals surface area (Å²) in [5.41, 5.74) is 0.579. The summed E-state index contributed by atoms with van der Waals surface area (Å²) in [6.07, 6.45) is 1.46. The van der Waals surface area contributed by atoms with Crippen LogP contribution in [0.4, 0.5) is 10.2 Å². The van der Waals surface area contributed by atoms with E-state index in [0.29, 0.717) is 18.7 Å². The second-order valence-electron chi connectivity index (χ2n) is 4.30. The molecule has 1 aromatic carbocycles. The normalized spacial score (nSPS) is 15.8. The lowest BCUT2D eigenvalue weighted by Crippen LogP contribution is -2.36. The van der Waals surface area contributed by atoms with Crippen LogP contribution < -0.4 is 9.64 Å². The number of aromatic nitrogens is 2. The molecular weight excluding hydrogens is 249 g/mol. The van der Waals surface area contributed by atoms with E-state index in [4.69, 9.17) is 9.47 Å². The minimum Gasteiger partial charge on any atom is -0.494 e. The molecule has 19 heavy (non-hydrogen) atoms. The van der Waals surface area contributed by atoms with E-state index in [9.17, 15) is 4.39 Å². The third-order valence-corrected chi connectivity index (χ3v) is 3.20. The van der Waals surface area contributed by atoms with Gasteiger partial charge in [-0.1, -0.05) is 0 Å². The molecule has 5 nitrogen and oxygen atoms in total. The van der Waals surface area contributed by atoms with E-state index in [-0.39, 0.29) is 5.75 Å². The van der Waals surface area contributed by atoms with E-state index in [1.54, 1.807) is 6.07 Å². The molecule has 0 atom stereocenters. The number of anilines is 1. The van der Waals surface area contributed by atoms with Crippen molar-refractivity contribution < 1.29 is 13.9 Å². The maximum absolute atomic E-state index is 13.7. The first kappa shape index (κ1) is 12.1. The Morgan fingerprint density at radius 3 is 2.79 bits per heavy atom. The first-order chi connectivity index (χ1) is 9.29. The Morgan fingerprint density at radius 2 is 2.05 bits per heavy atom. The summed E-state index contributed by atoms with van der Waals surface area (Å²) in [5.74, 6) is 0.588. The first-order valence-corrected chi connectivity index (χ1v) is 6.10. The van der Waals surface area contributed by atoms with Crippen molar-refractivity contribution in [1.82, 2.24) is 9.97 Å². The van der Waals surface area contributed by atoms with Gasteiger partial charge in [-0.2, -0.15) is 0 Å². The van der Waals surface area contributed by atoms with Crippen molar-refractivity contribution >= 4 is 16.7 Å². The molecule has 1 aliphatic heterocycles. The lowest BCUT2D eigenvalue weighted by molar-refractivity contribution is 0.122. The summed E-state index contributed by atoms with van der Waals surface area (Å²) >= 11 is 0. The van der Waals surface area contributed by atoms with Crippen LogP contribution in [0, 0.1) is 5.82 Å². The summed E-state index contributed by atoms with van der Waals surface area (Å²) in [5, 5.41) is 0.794. The molecule has 3 rings (SSSR count). The smallest absolute Gasteiger partial charge is 0.167 e. The Bertz CT molecular complexity index is 600. The average Bonchev–Trinajstić information content (AvgIpc) is 2.46. The molecule has 0 radical (unpaired) electrons. The van der Waals surface area contributed by atoms with Gasteiger partial charge in [0.25, 0.3) is 0 Å². The van der Waals surface area contributed by atoms with Crippen molar-refractivity contribution in [2.24, 2.45) is 0 Å². The highest BCUT2D eigenvalue weighted by Crippen LogP contribution is 2.29. The van der Waals surface area contributed by atoms with Gasteiger partial charge >= 0.3 is 0 Å². The zero-order valence-corrected chi connectivity index (χ0v) is 10.6. The fourth-order valence-corrected chi connectivity index (χ4v) is 2.23. The van der Waals surface area contributed by atoms with Crippen LogP contribution in [0.2, 0.25) is 0 Å². The van der Waals surface area contributed by atoms with Gasteiger partial charge in [0.15, 0.2) is 11.6 Å². The van der Waals surface area contributed by atoms with Gasteiger partial charge in [0.1, 0.15) is 12.1 Å². The SMILES string of the molecule is COc1cc2c(N3CCOCC3)ncnc2cc1F. The third kappa shape index (κ3) is 2.19. The van der Waals surface area contributed by atoms with E-state index < -0.39 is 5.82 Å². The van der Waals surface area contributed by atoms with Crippen LogP contribution in [0.5, 0.6) is 5.75 Å². The average molecular weight is 263 g/mol. The number of nitrogens with zero attached hydrogens (tertiary/aromatic N) is 3. The third-order valence-electron chi connectivity index (χ3n) is 3.20. The quantitative estimate of drug-likeness (QED) is 0.824. The summed E-state index contributed by atoms with van der Waals surface area (Å²) < 4.78 is 24.0. The van der Waals surface area contributed by atoms with E-state index >= 15 is 0 Å². The second kappa shape index (κ2) is 4.97. The van der Waals surface area contributed by atoms with Crippen LogP contribution in [0.15, 0.2) is 18.5 Å². The zero-order valence-electron chi connectivity index (χ0n) is 10.6. The van der Waals surface area contributed by atoms with Crippen molar-refractivity contribution in [3.05, 3.63) is 24.3 Å². The van der Waals surface area contributed by atoms with Crippen LogP contribution in [0.3, 0.4) is 0 Å². The van der Waals surface area contributed by atoms with Gasteiger partial charge in [-0.15, -0.1) is 0 Å². The minimum atomic E-state index is -0.415. The predicted molar refractivity (Wildman–Crippen MR) is 69.1 cm³/mol. The number of halogens is 1. The molecule has 1 saturated heterocycles. The maximum Gasteiger partial charge on any atom is 0.167 e. The number of morpholine rings is 1. The van der Waals surface area contributed by atoms with Crippen molar-refractivity contribution in [2.45, 2.75) is 0 Å². The van der Waals surface area contributed by atoms with Crippen molar-refractivity contribution in [3.8, 4) is 5.75 Å². The van der Waals surface area contributed by atoms with E-state index in [0.717, 1.165) is 24.3 Å². The van der Waals surface area contributed by atoms with Gasteiger partial charge < -0.3 is 14.4 Å². The standard InChI is InChI=1S/C13H14FN3O2/c1-18-12-6-9-11(7-10(12)14)15-8-16-13(9)17-2-4-19-5-3-17/h6-8H,2-5H2,1H3. The molecule has 0 spiro atoms. The number of hydrogen-bond donors (Lipinski definition) is 0. The molecule has 1 aromatic heterocycles. The van der Waals surface area contributed by atoms with Crippen LogP contribution in [-0.4, -0.2) is 43.4 Å². The van der Waals surface area contributed by atoms with Crippen molar-refractivity contribution in [2.75, 3.05) is 38.3 Å². The molecule has 100 valence electrons. The Hall–Kier alpha value is -1.95. The fourth-order valence-electron chi connectivity index (χ4n) is 2.23. The monoisotopic (exact) mass is 263 g/mol. The van der Waals surface area contributed by atoms with Crippen LogP contribution in [-0.2, 0) is 4.74 Å². The Morgan fingerprint density at radius 1 is 1.26 bits per heavy atom. The highest BCUT2D eigenvalue weighted by molar-refractivity contribution is 5.90. The first-order valence-electron chi connectivity index (χ1n) is 6.10. The number of hydrogen-bond acceptors (Lipinski definition) is 5. The lowest BCUT2D eigenvalue weighted by Gasteiger charge is -2.28. The molecule has 0 bridgehead atoms. The van der Waals surface area contributed by atoms with Gasteiger partial charge in [-0.25, -0.2) is 14.4 Å². The molecule has 0 unspecified atom stereocenters. The highest BCUT2D eigenvalue weighted by atomic mass is 19.1. The van der Waals surface area contributed by atoms with E-state index in [1.807, 2.05) is 0 Å². The molecule has 2 aromatic rings. The molecule has 0 N–H and O–H groups in total. The number of fused-ring (bicyclic) bond motifs is 1. The van der Waals surface area contributed by atoms with Gasteiger partial charge in [-0.3, -0.25) is 0 Å². The van der Waals surface area contributed by atoms with Gasteiger partial charge in [-0.05, 0) is 6.07 Å². The van der Waals surface area contributed by atoms with Crippen molar-refractivity contribution in [1.29, 1.82) is 0 Å². The van der Waals surface area contributed by atoms with E-state index in [1.165, 1.54) is 19.5 Å².